The van der Waals surface area contributed by atoms with Crippen LogP contribution in [0.5, 0.6) is 11.5 Å². The van der Waals surface area contributed by atoms with E-state index in [4.69, 9.17) is 16.3 Å². The molecule has 0 spiro atoms. The number of halogens is 1. The average molecular weight is 451 g/mol. The topological polar surface area (TPSA) is 70.9 Å². The first-order chi connectivity index (χ1) is 15.2. The van der Waals surface area contributed by atoms with Gasteiger partial charge >= 0.3 is 0 Å². The zero-order valence-corrected chi connectivity index (χ0v) is 19.4. The number of rotatable bonds is 7. The van der Waals surface area contributed by atoms with Crippen molar-refractivity contribution < 1.29 is 14.6 Å². The highest BCUT2D eigenvalue weighted by Gasteiger charge is 2.09. The maximum absolute atomic E-state index is 12.2. The van der Waals surface area contributed by atoms with Crippen LogP contribution in [0.3, 0.4) is 0 Å². The first kappa shape index (κ1) is 23.4. The Balaban J connectivity index is 1.63. The number of phenolic OH excluding ortho intramolecular Hbond substituents is 1. The van der Waals surface area contributed by atoms with Crippen molar-refractivity contribution >= 4 is 23.7 Å². The molecule has 1 amide bonds. The van der Waals surface area contributed by atoms with Crippen LogP contribution < -0.4 is 10.2 Å². The number of aryl methyl sites for hydroxylation is 2. The van der Waals surface area contributed by atoms with Gasteiger partial charge in [0, 0.05) is 5.56 Å². The fourth-order valence-corrected chi connectivity index (χ4v) is 3.50. The van der Waals surface area contributed by atoms with Gasteiger partial charge in [-0.2, -0.15) is 5.10 Å². The van der Waals surface area contributed by atoms with Gasteiger partial charge in [-0.3, -0.25) is 4.79 Å². The van der Waals surface area contributed by atoms with Crippen molar-refractivity contribution in [3.63, 3.8) is 0 Å². The zero-order chi connectivity index (χ0) is 23.3. The van der Waals surface area contributed by atoms with Gasteiger partial charge in [0.2, 0.25) is 0 Å². The molecule has 0 unspecified atom stereocenters. The number of carbonyl (C=O) groups is 1. The molecule has 0 aliphatic carbocycles. The lowest BCUT2D eigenvalue weighted by Gasteiger charge is -2.14. The summed E-state index contributed by atoms with van der Waals surface area (Å²) in [5.41, 5.74) is 8.03. The molecule has 0 fully saturated rings. The van der Waals surface area contributed by atoms with E-state index < -0.39 is 5.91 Å². The second-order valence-corrected chi connectivity index (χ2v) is 8.44. The van der Waals surface area contributed by atoms with Crippen molar-refractivity contribution in [3.05, 3.63) is 93.0 Å². The maximum atomic E-state index is 12.2. The van der Waals surface area contributed by atoms with Gasteiger partial charge in [-0.25, -0.2) is 5.43 Å². The van der Waals surface area contributed by atoms with E-state index in [1.807, 2.05) is 26.0 Å². The van der Waals surface area contributed by atoms with Crippen molar-refractivity contribution in [2.24, 2.45) is 5.10 Å². The standard InChI is InChI=1S/C26H27ClN2O3/c1-16(2)21-7-5-19(6-8-21)15-32-25-17(3)11-20(12-18(25)4)14-28-29-26(31)22-9-10-24(30)23(27)13-22/h5-14,16,30H,15H2,1-4H3,(H,29,31)/b28-14+. The quantitative estimate of drug-likeness (QED) is 0.336. The third-order valence-electron chi connectivity index (χ3n) is 5.10. The number of amides is 1. The fourth-order valence-electron chi connectivity index (χ4n) is 3.32. The van der Waals surface area contributed by atoms with Crippen LogP contribution in [-0.4, -0.2) is 17.2 Å². The molecule has 0 saturated carbocycles. The Bertz CT molecular complexity index is 1120. The predicted molar refractivity (Wildman–Crippen MR) is 129 cm³/mol. The summed E-state index contributed by atoms with van der Waals surface area (Å²) in [6.07, 6.45) is 1.58. The minimum Gasteiger partial charge on any atom is -0.506 e. The Morgan fingerprint density at radius 3 is 2.34 bits per heavy atom. The third-order valence-corrected chi connectivity index (χ3v) is 5.40. The highest BCUT2D eigenvalue weighted by atomic mass is 35.5. The molecule has 0 atom stereocenters. The monoisotopic (exact) mass is 450 g/mol. The molecule has 166 valence electrons. The molecular formula is C26H27ClN2O3. The summed E-state index contributed by atoms with van der Waals surface area (Å²) in [5.74, 6) is 0.859. The molecule has 0 heterocycles. The van der Waals surface area contributed by atoms with Crippen molar-refractivity contribution in [1.29, 1.82) is 0 Å². The van der Waals surface area contributed by atoms with E-state index in [1.54, 1.807) is 6.21 Å². The van der Waals surface area contributed by atoms with Crippen LogP contribution in [-0.2, 0) is 6.61 Å². The molecular weight excluding hydrogens is 424 g/mol. The SMILES string of the molecule is Cc1cc(/C=N/NC(=O)c2ccc(O)c(Cl)c2)cc(C)c1OCc1ccc(C(C)C)cc1. The van der Waals surface area contributed by atoms with E-state index in [0.29, 0.717) is 18.1 Å². The first-order valence-corrected chi connectivity index (χ1v) is 10.8. The smallest absolute Gasteiger partial charge is 0.271 e. The molecule has 0 aliphatic rings. The number of nitrogens with one attached hydrogen (secondary N) is 1. The van der Waals surface area contributed by atoms with Crippen molar-refractivity contribution in [1.82, 2.24) is 5.43 Å². The van der Waals surface area contributed by atoms with Gasteiger partial charge in [0.15, 0.2) is 0 Å². The average Bonchev–Trinajstić information content (AvgIpc) is 2.75. The Morgan fingerprint density at radius 2 is 1.75 bits per heavy atom. The molecule has 32 heavy (non-hydrogen) atoms. The van der Waals surface area contributed by atoms with E-state index >= 15 is 0 Å². The second-order valence-electron chi connectivity index (χ2n) is 8.03. The number of hydrogen-bond acceptors (Lipinski definition) is 4. The van der Waals surface area contributed by atoms with E-state index in [9.17, 15) is 9.90 Å². The summed E-state index contributed by atoms with van der Waals surface area (Å²) < 4.78 is 6.08. The van der Waals surface area contributed by atoms with Gasteiger partial charge in [-0.05, 0) is 77.9 Å². The van der Waals surface area contributed by atoms with Crippen LogP contribution in [0, 0.1) is 13.8 Å². The number of ether oxygens (including phenoxy) is 1. The van der Waals surface area contributed by atoms with E-state index in [1.165, 1.54) is 23.8 Å². The van der Waals surface area contributed by atoms with Gasteiger partial charge in [-0.1, -0.05) is 49.7 Å². The van der Waals surface area contributed by atoms with Crippen LogP contribution in [0.2, 0.25) is 5.02 Å². The Kier molecular flexibility index (Phi) is 7.54. The summed E-state index contributed by atoms with van der Waals surface area (Å²) in [6, 6.07) is 16.6. The van der Waals surface area contributed by atoms with Crippen LogP contribution in [0.4, 0.5) is 0 Å². The molecule has 5 nitrogen and oxygen atoms in total. The molecule has 0 bridgehead atoms. The maximum Gasteiger partial charge on any atom is 0.271 e. The molecule has 3 aromatic carbocycles. The summed E-state index contributed by atoms with van der Waals surface area (Å²) in [4.78, 5) is 12.2. The lowest BCUT2D eigenvalue weighted by atomic mass is 10.0. The minimum absolute atomic E-state index is 0.0763. The summed E-state index contributed by atoms with van der Waals surface area (Å²) in [7, 11) is 0. The lowest BCUT2D eigenvalue weighted by Crippen LogP contribution is -2.17. The fraction of sp³-hybridized carbons (Fsp3) is 0.231. The van der Waals surface area contributed by atoms with Gasteiger partial charge in [0.25, 0.3) is 5.91 Å². The van der Waals surface area contributed by atoms with Gasteiger partial charge in [-0.15, -0.1) is 0 Å². The predicted octanol–water partition coefficient (Wildman–Crippen LogP) is 6.13. The molecule has 3 rings (SSSR count). The third kappa shape index (κ3) is 5.89. The van der Waals surface area contributed by atoms with E-state index in [0.717, 1.165) is 28.0 Å². The molecule has 0 radical (unpaired) electrons. The number of phenols is 1. The molecule has 2 N–H and O–H groups in total. The van der Waals surface area contributed by atoms with Crippen LogP contribution in [0.25, 0.3) is 0 Å². The summed E-state index contributed by atoms with van der Waals surface area (Å²) in [5, 5.41) is 13.6. The largest absolute Gasteiger partial charge is 0.506 e. The van der Waals surface area contributed by atoms with Crippen LogP contribution in [0.15, 0.2) is 59.7 Å². The number of nitrogens with zero attached hydrogens (tertiary/aromatic N) is 1. The van der Waals surface area contributed by atoms with Crippen molar-refractivity contribution in [2.45, 2.75) is 40.2 Å². The molecule has 0 aliphatic heterocycles. The highest BCUT2D eigenvalue weighted by Crippen LogP contribution is 2.26. The summed E-state index contributed by atoms with van der Waals surface area (Å²) in [6.45, 7) is 8.82. The normalized spacial score (nSPS) is 11.2. The highest BCUT2D eigenvalue weighted by molar-refractivity contribution is 6.32. The second kappa shape index (κ2) is 10.3. The van der Waals surface area contributed by atoms with Gasteiger partial charge in [0.1, 0.15) is 18.1 Å². The lowest BCUT2D eigenvalue weighted by molar-refractivity contribution is 0.0955. The minimum atomic E-state index is -0.417. The summed E-state index contributed by atoms with van der Waals surface area (Å²) >= 11 is 5.84. The van der Waals surface area contributed by atoms with Gasteiger partial charge < -0.3 is 9.84 Å². The molecule has 0 aromatic heterocycles. The van der Waals surface area contributed by atoms with Gasteiger partial charge in [0.05, 0.1) is 11.2 Å². The number of benzene rings is 3. The number of carbonyl (C=O) groups excluding carboxylic acids is 1. The van der Waals surface area contributed by atoms with E-state index in [-0.39, 0.29) is 10.8 Å². The Hall–Kier alpha value is -3.31. The number of hydrogen-bond donors (Lipinski definition) is 2. The van der Waals surface area contributed by atoms with Crippen molar-refractivity contribution in [2.75, 3.05) is 0 Å². The Morgan fingerprint density at radius 1 is 1.09 bits per heavy atom. The molecule has 3 aromatic rings. The number of aromatic hydroxyl groups is 1. The zero-order valence-electron chi connectivity index (χ0n) is 18.6. The molecule has 0 saturated heterocycles. The van der Waals surface area contributed by atoms with Crippen molar-refractivity contribution in [3.8, 4) is 11.5 Å². The number of hydrazone groups is 1. The van der Waals surface area contributed by atoms with E-state index in [2.05, 4.69) is 48.6 Å². The van der Waals surface area contributed by atoms with Crippen LogP contribution >= 0.6 is 11.6 Å². The Labute approximate surface area is 193 Å². The van der Waals surface area contributed by atoms with Crippen LogP contribution in [0.1, 0.15) is 57.9 Å². The molecule has 6 heteroatoms. The first-order valence-electron chi connectivity index (χ1n) is 10.4.